The number of hydrogen-bond donors (Lipinski definition) is 1. The van der Waals surface area contributed by atoms with Crippen LogP contribution >= 0.6 is 0 Å². The SMILES string of the molecule is CC(C)(O)C1C=CN(C(=O)OCc2ccccc2)c2ccccc21. The minimum Gasteiger partial charge on any atom is -0.444 e. The van der Waals surface area contributed by atoms with Crippen molar-refractivity contribution in [1.29, 1.82) is 0 Å². The van der Waals surface area contributed by atoms with Crippen LogP contribution in [0.25, 0.3) is 0 Å². The molecule has 1 unspecified atom stereocenters. The van der Waals surface area contributed by atoms with Gasteiger partial charge in [0.15, 0.2) is 0 Å². The number of aliphatic hydroxyl groups is 1. The Morgan fingerprint density at radius 1 is 1.12 bits per heavy atom. The number of benzene rings is 2. The van der Waals surface area contributed by atoms with Gasteiger partial charge in [-0.05, 0) is 31.0 Å². The van der Waals surface area contributed by atoms with Gasteiger partial charge < -0.3 is 9.84 Å². The molecule has 0 bridgehead atoms. The number of rotatable bonds is 3. The summed E-state index contributed by atoms with van der Waals surface area (Å²) in [6.07, 6.45) is 3.08. The average molecular weight is 323 g/mol. The number of amides is 1. The molecule has 4 heteroatoms. The minimum absolute atomic E-state index is 0.174. The van der Waals surface area contributed by atoms with E-state index in [2.05, 4.69) is 0 Å². The van der Waals surface area contributed by atoms with E-state index in [1.54, 1.807) is 20.0 Å². The van der Waals surface area contributed by atoms with Crippen molar-refractivity contribution in [1.82, 2.24) is 0 Å². The molecule has 2 aromatic carbocycles. The predicted molar refractivity (Wildman–Crippen MR) is 93.7 cm³/mol. The van der Waals surface area contributed by atoms with Crippen LogP contribution in [0.5, 0.6) is 0 Å². The monoisotopic (exact) mass is 323 g/mol. The van der Waals surface area contributed by atoms with Crippen LogP contribution in [0.2, 0.25) is 0 Å². The van der Waals surface area contributed by atoms with E-state index in [9.17, 15) is 9.90 Å². The smallest absolute Gasteiger partial charge is 0.418 e. The normalized spacial score (nSPS) is 16.6. The third-order valence-corrected chi connectivity index (χ3v) is 4.12. The van der Waals surface area contributed by atoms with Crippen LogP contribution in [-0.2, 0) is 11.3 Å². The fraction of sp³-hybridized carbons (Fsp3) is 0.250. The summed E-state index contributed by atoms with van der Waals surface area (Å²) in [6.45, 7) is 3.76. The predicted octanol–water partition coefficient (Wildman–Crippen LogP) is 4.21. The summed E-state index contributed by atoms with van der Waals surface area (Å²) in [5.41, 5.74) is 1.68. The fourth-order valence-corrected chi connectivity index (χ4v) is 2.89. The Labute approximate surface area is 142 Å². The summed E-state index contributed by atoms with van der Waals surface area (Å²) < 4.78 is 5.42. The number of hydrogen-bond acceptors (Lipinski definition) is 3. The molecule has 0 aromatic heterocycles. The van der Waals surface area contributed by atoms with E-state index in [0.29, 0.717) is 0 Å². The van der Waals surface area contributed by atoms with E-state index >= 15 is 0 Å². The van der Waals surface area contributed by atoms with Crippen LogP contribution in [0.1, 0.15) is 30.9 Å². The third kappa shape index (κ3) is 3.34. The molecule has 1 amide bonds. The lowest BCUT2D eigenvalue weighted by Gasteiger charge is -2.34. The summed E-state index contributed by atoms with van der Waals surface area (Å²) in [4.78, 5) is 14.0. The van der Waals surface area contributed by atoms with Crippen molar-refractivity contribution >= 4 is 11.8 Å². The lowest BCUT2D eigenvalue weighted by atomic mass is 9.82. The van der Waals surface area contributed by atoms with Crippen molar-refractivity contribution < 1.29 is 14.6 Å². The van der Waals surface area contributed by atoms with Crippen LogP contribution in [-0.4, -0.2) is 16.8 Å². The Hall–Kier alpha value is -2.59. The topological polar surface area (TPSA) is 49.8 Å². The van der Waals surface area contributed by atoms with E-state index in [-0.39, 0.29) is 12.5 Å². The Balaban J connectivity index is 1.80. The van der Waals surface area contributed by atoms with E-state index < -0.39 is 11.7 Å². The Kier molecular flexibility index (Phi) is 4.40. The molecule has 0 radical (unpaired) electrons. The van der Waals surface area contributed by atoms with E-state index in [1.165, 1.54) is 4.90 Å². The zero-order valence-electron chi connectivity index (χ0n) is 13.8. The highest BCUT2D eigenvalue weighted by Crippen LogP contribution is 2.39. The maximum Gasteiger partial charge on any atom is 0.418 e. The fourth-order valence-electron chi connectivity index (χ4n) is 2.89. The molecular formula is C20H21NO3. The first-order valence-corrected chi connectivity index (χ1v) is 7.96. The van der Waals surface area contributed by atoms with Gasteiger partial charge in [0, 0.05) is 12.1 Å². The van der Waals surface area contributed by atoms with Crippen LogP contribution in [0.4, 0.5) is 10.5 Å². The van der Waals surface area contributed by atoms with Gasteiger partial charge in [-0.15, -0.1) is 0 Å². The molecule has 1 aliphatic rings. The molecule has 0 spiro atoms. The van der Waals surface area contributed by atoms with Crippen molar-refractivity contribution in [3.8, 4) is 0 Å². The number of anilines is 1. The molecule has 1 aliphatic heterocycles. The van der Waals surface area contributed by atoms with Gasteiger partial charge in [0.2, 0.25) is 0 Å². The number of fused-ring (bicyclic) bond motifs is 1. The molecule has 4 nitrogen and oxygen atoms in total. The maximum atomic E-state index is 12.5. The third-order valence-electron chi connectivity index (χ3n) is 4.12. The first kappa shape index (κ1) is 16.3. The molecule has 0 saturated carbocycles. The van der Waals surface area contributed by atoms with E-state index in [4.69, 9.17) is 4.74 Å². The van der Waals surface area contributed by atoms with Gasteiger partial charge in [-0.2, -0.15) is 0 Å². The van der Waals surface area contributed by atoms with Gasteiger partial charge in [0.1, 0.15) is 6.61 Å². The largest absolute Gasteiger partial charge is 0.444 e. The molecule has 1 atom stereocenters. The van der Waals surface area contributed by atoms with Gasteiger partial charge in [0.25, 0.3) is 0 Å². The number of para-hydroxylation sites is 1. The molecule has 1 heterocycles. The molecule has 24 heavy (non-hydrogen) atoms. The highest BCUT2D eigenvalue weighted by molar-refractivity contribution is 5.91. The second-order valence-corrected chi connectivity index (χ2v) is 6.44. The molecule has 124 valence electrons. The molecule has 3 rings (SSSR count). The number of carbonyl (C=O) groups is 1. The van der Waals surface area contributed by atoms with Gasteiger partial charge in [-0.25, -0.2) is 4.79 Å². The quantitative estimate of drug-likeness (QED) is 0.920. The number of nitrogens with zero attached hydrogens (tertiary/aromatic N) is 1. The van der Waals surface area contributed by atoms with Crippen LogP contribution in [0.3, 0.4) is 0 Å². The summed E-state index contributed by atoms with van der Waals surface area (Å²) in [5.74, 6) is -0.174. The van der Waals surface area contributed by atoms with E-state index in [1.807, 2.05) is 60.7 Å². The lowest BCUT2D eigenvalue weighted by Crippen LogP contribution is -2.35. The molecule has 0 fully saturated rings. The van der Waals surface area contributed by atoms with E-state index in [0.717, 1.165) is 16.8 Å². The second-order valence-electron chi connectivity index (χ2n) is 6.44. The number of carbonyl (C=O) groups excluding carboxylic acids is 1. The summed E-state index contributed by atoms with van der Waals surface area (Å²) in [5, 5.41) is 10.4. The summed E-state index contributed by atoms with van der Waals surface area (Å²) in [7, 11) is 0. The second kappa shape index (κ2) is 6.49. The first-order chi connectivity index (χ1) is 11.5. The van der Waals surface area contributed by atoms with Crippen molar-refractivity contribution in [2.75, 3.05) is 4.90 Å². The molecule has 0 saturated heterocycles. The summed E-state index contributed by atoms with van der Waals surface area (Å²) in [6, 6.07) is 17.1. The highest BCUT2D eigenvalue weighted by atomic mass is 16.6. The zero-order valence-corrected chi connectivity index (χ0v) is 13.8. The Bertz CT molecular complexity index is 747. The van der Waals surface area contributed by atoms with Crippen LogP contribution in [0, 0.1) is 0 Å². The van der Waals surface area contributed by atoms with Gasteiger partial charge in [-0.1, -0.05) is 54.6 Å². The zero-order chi connectivity index (χ0) is 17.2. The number of ether oxygens (including phenoxy) is 1. The van der Waals surface area contributed by atoms with Gasteiger partial charge in [-0.3, -0.25) is 4.90 Å². The molecule has 0 aliphatic carbocycles. The Morgan fingerprint density at radius 2 is 1.79 bits per heavy atom. The van der Waals surface area contributed by atoms with Crippen molar-refractivity contribution in [2.45, 2.75) is 32.0 Å². The Morgan fingerprint density at radius 3 is 2.50 bits per heavy atom. The van der Waals surface area contributed by atoms with Gasteiger partial charge in [0.05, 0.1) is 11.3 Å². The molecular weight excluding hydrogens is 302 g/mol. The highest BCUT2D eigenvalue weighted by Gasteiger charge is 2.33. The summed E-state index contributed by atoms with van der Waals surface area (Å²) >= 11 is 0. The molecule has 1 N–H and O–H groups in total. The van der Waals surface area contributed by atoms with Crippen molar-refractivity contribution in [3.63, 3.8) is 0 Å². The standard InChI is InChI=1S/C20H21NO3/c1-20(2,23)17-12-13-21(18-11-7-6-10-16(17)18)19(22)24-14-15-8-4-3-5-9-15/h3-13,17,23H,14H2,1-2H3. The van der Waals surface area contributed by atoms with Crippen LogP contribution in [0.15, 0.2) is 66.9 Å². The van der Waals surface area contributed by atoms with Crippen molar-refractivity contribution in [2.24, 2.45) is 0 Å². The van der Waals surface area contributed by atoms with Gasteiger partial charge >= 0.3 is 6.09 Å². The first-order valence-electron chi connectivity index (χ1n) is 7.96. The minimum atomic E-state index is -0.910. The van der Waals surface area contributed by atoms with Crippen molar-refractivity contribution in [3.05, 3.63) is 78.0 Å². The lowest BCUT2D eigenvalue weighted by molar-refractivity contribution is 0.0646. The molecule has 2 aromatic rings. The maximum absolute atomic E-state index is 12.5. The average Bonchev–Trinajstić information content (AvgIpc) is 2.58. The van der Waals surface area contributed by atoms with Crippen LogP contribution < -0.4 is 4.90 Å².